The van der Waals surface area contributed by atoms with Crippen LogP contribution in [-0.2, 0) is 7.05 Å². The molecule has 0 aliphatic carbocycles. The zero-order valence-electron chi connectivity index (χ0n) is 15.3. The first-order valence-electron chi connectivity index (χ1n) is 9.23. The summed E-state index contributed by atoms with van der Waals surface area (Å²) in [5.74, 6) is 0.267. The standard InChI is InChI=1S/C20H19FN6O/c1-26-8-2-4-17(26)15-11-16(25-24-15)20(28)27-9-3-5-18(27)19-22-13-7-6-12(21)10-14(13)23-19/h2,4,6-8,10-11,18H,3,5,9H2,1H3,(H,22,23)(H,24,25)/t18-/m1/s1. The van der Waals surface area contributed by atoms with Gasteiger partial charge in [0, 0.05) is 19.8 Å². The van der Waals surface area contributed by atoms with E-state index in [-0.39, 0.29) is 17.8 Å². The molecular weight excluding hydrogens is 359 g/mol. The fourth-order valence-corrected chi connectivity index (χ4v) is 3.90. The van der Waals surface area contributed by atoms with Crippen molar-refractivity contribution in [1.29, 1.82) is 0 Å². The smallest absolute Gasteiger partial charge is 0.272 e. The van der Waals surface area contributed by atoms with Gasteiger partial charge in [0.25, 0.3) is 5.91 Å². The van der Waals surface area contributed by atoms with Crippen molar-refractivity contribution >= 4 is 16.9 Å². The van der Waals surface area contributed by atoms with E-state index in [0.717, 1.165) is 24.2 Å². The van der Waals surface area contributed by atoms with E-state index >= 15 is 0 Å². The van der Waals surface area contributed by atoms with Crippen LogP contribution in [0.4, 0.5) is 4.39 Å². The van der Waals surface area contributed by atoms with Crippen molar-refractivity contribution < 1.29 is 9.18 Å². The summed E-state index contributed by atoms with van der Waals surface area (Å²) in [5, 5.41) is 7.17. The molecule has 0 saturated carbocycles. The molecule has 4 heterocycles. The highest BCUT2D eigenvalue weighted by atomic mass is 19.1. The van der Waals surface area contributed by atoms with Crippen molar-refractivity contribution in [2.75, 3.05) is 6.54 Å². The molecule has 1 aliphatic heterocycles. The Kier molecular flexibility index (Phi) is 3.78. The van der Waals surface area contributed by atoms with Crippen LogP contribution >= 0.6 is 0 Å². The number of carbonyl (C=O) groups is 1. The fraction of sp³-hybridized carbons (Fsp3) is 0.250. The Morgan fingerprint density at radius 1 is 1.29 bits per heavy atom. The van der Waals surface area contributed by atoms with Crippen LogP contribution in [0, 0.1) is 5.82 Å². The molecule has 5 rings (SSSR count). The Balaban J connectivity index is 1.44. The summed E-state index contributed by atoms with van der Waals surface area (Å²) in [6.45, 7) is 0.646. The first-order chi connectivity index (χ1) is 13.6. The molecule has 1 saturated heterocycles. The first-order valence-corrected chi connectivity index (χ1v) is 9.23. The molecule has 1 fully saturated rings. The lowest BCUT2D eigenvalue weighted by Crippen LogP contribution is -2.31. The summed E-state index contributed by atoms with van der Waals surface area (Å²) in [4.78, 5) is 22.7. The van der Waals surface area contributed by atoms with Crippen molar-refractivity contribution in [3.05, 3.63) is 59.9 Å². The second-order valence-electron chi connectivity index (χ2n) is 7.11. The van der Waals surface area contributed by atoms with Gasteiger partial charge in [0.2, 0.25) is 0 Å². The van der Waals surface area contributed by atoms with Crippen molar-refractivity contribution in [3.63, 3.8) is 0 Å². The highest BCUT2D eigenvalue weighted by molar-refractivity contribution is 5.93. The van der Waals surface area contributed by atoms with Gasteiger partial charge in [0.05, 0.1) is 22.8 Å². The Morgan fingerprint density at radius 3 is 3.00 bits per heavy atom. The normalized spacial score (nSPS) is 16.9. The Labute approximate surface area is 160 Å². The van der Waals surface area contributed by atoms with Crippen LogP contribution in [0.2, 0.25) is 0 Å². The van der Waals surface area contributed by atoms with Crippen molar-refractivity contribution in [2.45, 2.75) is 18.9 Å². The van der Waals surface area contributed by atoms with Gasteiger partial charge in [-0.3, -0.25) is 9.89 Å². The monoisotopic (exact) mass is 378 g/mol. The minimum Gasteiger partial charge on any atom is -0.349 e. The second-order valence-corrected chi connectivity index (χ2v) is 7.11. The SMILES string of the molecule is Cn1cccc1-c1cc(C(=O)N2CCC[C@@H]2c2nc3ccc(F)cc3[nH]2)[nH]n1. The summed E-state index contributed by atoms with van der Waals surface area (Å²) in [7, 11) is 1.94. The lowest BCUT2D eigenvalue weighted by atomic mass is 10.2. The minimum atomic E-state index is -0.312. The number of nitrogens with zero attached hydrogens (tertiary/aromatic N) is 4. The molecule has 1 aromatic carbocycles. The predicted octanol–water partition coefficient (Wildman–Crippen LogP) is 3.41. The number of benzene rings is 1. The quantitative estimate of drug-likeness (QED) is 0.573. The minimum absolute atomic E-state index is 0.109. The number of aryl methyl sites for hydroxylation is 1. The Hall–Kier alpha value is -3.42. The molecule has 1 atom stereocenters. The molecule has 0 bridgehead atoms. The number of carbonyl (C=O) groups excluding carboxylic acids is 1. The third-order valence-electron chi connectivity index (χ3n) is 5.31. The number of halogens is 1. The Morgan fingerprint density at radius 2 is 2.18 bits per heavy atom. The number of aromatic nitrogens is 5. The number of nitrogens with one attached hydrogen (secondary N) is 2. The van der Waals surface area contributed by atoms with E-state index in [9.17, 15) is 9.18 Å². The van der Waals surface area contributed by atoms with Crippen LogP contribution in [-0.4, -0.2) is 42.1 Å². The highest BCUT2D eigenvalue weighted by Gasteiger charge is 2.33. The maximum Gasteiger partial charge on any atom is 0.272 e. The summed E-state index contributed by atoms with van der Waals surface area (Å²) in [6.07, 6.45) is 3.64. The number of hydrogen-bond acceptors (Lipinski definition) is 3. The van der Waals surface area contributed by atoms with Gasteiger partial charge in [0.1, 0.15) is 23.0 Å². The Bertz CT molecular complexity index is 1170. The van der Waals surface area contributed by atoms with E-state index in [0.29, 0.717) is 29.1 Å². The number of likely N-dealkylation sites (tertiary alicyclic amines) is 1. The van der Waals surface area contributed by atoms with Gasteiger partial charge in [-0.15, -0.1) is 0 Å². The van der Waals surface area contributed by atoms with Gasteiger partial charge in [-0.2, -0.15) is 5.10 Å². The average Bonchev–Trinajstić information content (AvgIpc) is 3.45. The summed E-state index contributed by atoms with van der Waals surface area (Å²) >= 11 is 0. The zero-order chi connectivity index (χ0) is 19.3. The molecule has 1 amide bonds. The summed E-state index contributed by atoms with van der Waals surface area (Å²) in [6, 6.07) is 9.97. The van der Waals surface area contributed by atoms with Crippen LogP contribution in [0.1, 0.15) is 35.2 Å². The van der Waals surface area contributed by atoms with Crippen molar-refractivity contribution in [1.82, 2.24) is 29.6 Å². The number of aromatic amines is 2. The van der Waals surface area contributed by atoms with Crippen LogP contribution < -0.4 is 0 Å². The van der Waals surface area contributed by atoms with Gasteiger partial charge >= 0.3 is 0 Å². The van der Waals surface area contributed by atoms with E-state index in [1.165, 1.54) is 12.1 Å². The van der Waals surface area contributed by atoms with Gasteiger partial charge < -0.3 is 14.5 Å². The predicted molar refractivity (Wildman–Crippen MR) is 102 cm³/mol. The summed E-state index contributed by atoms with van der Waals surface area (Å²) in [5.41, 5.74) is 3.45. The first kappa shape index (κ1) is 16.7. The van der Waals surface area contributed by atoms with Crippen molar-refractivity contribution in [2.24, 2.45) is 7.05 Å². The van der Waals surface area contributed by atoms with Gasteiger partial charge in [-0.25, -0.2) is 9.37 Å². The molecule has 8 heteroatoms. The second kappa shape index (κ2) is 6.33. The van der Waals surface area contributed by atoms with E-state index in [4.69, 9.17) is 0 Å². The van der Waals surface area contributed by atoms with E-state index < -0.39 is 0 Å². The molecule has 0 unspecified atom stereocenters. The molecule has 1 aliphatic rings. The van der Waals surface area contributed by atoms with Crippen LogP contribution in [0.25, 0.3) is 22.4 Å². The lowest BCUT2D eigenvalue weighted by molar-refractivity contribution is 0.0724. The third kappa shape index (κ3) is 2.69. The number of H-pyrrole nitrogens is 2. The van der Waals surface area contributed by atoms with E-state index in [2.05, 4.69) is 20.2 Å². The fourth-order valence-electron chi connectivity index (χ4n) is 3.90. The third-order valence-corrected chi connectivity index (χ3v) is 5.31. The zero-order valence-corrected chi connectivity index (χ0v) is 15.3. The number of fused-ring (bicyclic) bond motifs is 1. The maximum atomic E-state index is 13.5. The number of rotatable bonds is 3. The highest BCUT2D eigenvalue weighted by Crippen LogP contribution is 2.33. The number of amides is 1. The molecule has 2 N–H and O–H groups in total. The van der Waals surface area contributed by atoms with E-state index in [1.807, 2.05) is 29.9 Å². The largest absolute Gasteiger partial charge is 0.349 e. The topological polar surface area (TPSA) is 82.6 Å². The van der Waals surface area contributed by atoms with Crippen LogP contribution in [0.15, 0.2) is 42.6 Å². The number of hydrogen-bond donors (Lipinski definition) is 2. The molecule has 4 aromatic rings. The molecule has 142 valence electrons. The number of imidazole rings is 1. The summed E-state index contributed by atoms with van der Waals surface area (Å²) < 4.78 is 15.4. The molecule has 28 heavy (non-hydrogen) atoms. The molecule has 0 radical (unpaired) electrons. The molecule has 3 aromatic heterocycles. The van der Waals surface area contributed by atoms with Crippen LogP contribution in [0.3, 0.4) is 0 Å². The molecule has 0 spiro atoms. The van der Waals surface area contributed by atoms with Crippen LogP contribution in [0.5, 0.6) is 0 Å². The van der Waals surface area contributed by atoms with Gasteiger partial charge in [-0.1, -0.05) is 0 Å². The molecule has 7 nitrogen and oxygen atoms in total. The van der Waals surface area contributed by atoms with Crippen molar-refractivity contribution in [3.8, 4) is 11.4 Å². The molecular formula is C20H19FN6O. The van der Waals surface area contributed by atoms with Gasteiger partial charge in [-0.05, 0) is 49.2 Å². The lowest BCUT2D eigenvalue weighted by Gasteiger charge is -2.22. The van der Waals surface area contributed by atoms with Gasteiger partial charge in [0.15, 0.2) is 0 Å². The average molecular weight is 378 g/mol. The maximum absolute atomic E-state index is 13.5. The van der Waals surface area contributed by atoms with E-state index in [1.54, 1.807) is 17.0 Å².